The number of hydrogen-bond donors (Lipinski definition) is 0. The molecule has 1 aromatic heterocycles. The van der Waals surface area contributed by atoms with Gasteiger partial charge in [-0.3, -0.25) is 4.79 Å². The van der Waals surface area contributed by atoms with Crippen LogP contribution in [0.25, 0.3) is 0 Å². The first-order chi connectivity index (χ1) is 12.1. The maximum absolute atomic E-state index is 12.9. The van der Waals surface area contributed by atoms with E-state index in [4.69, 9.17) is 0 Å². The summed E-state index contributed by atoms with van der Waals surface area (Å²) in [6.07, 6.45) is 9.00. The average molecular weight is 367 g/mol. The third-order valence-electron chi connectivity index (χ3n) is 5.82. The minimum absolute atomic E-state index is 0.0438. The lowest BCUT2D eigenvalue weighted by atomic mass is 10.0. The van der Waals surface area contributed by atoms with E-state index in [0.29, 0.717) is 26.2 Å². The van der Waals surface area contributed by atoms with Crippen LogP contribution in [-0.2, 0) is 14.8 Å². The van der Waals surface area contributed by atoms with Gasteiger partial charge in [0.05, 0.1) is 6.04 Å². The van der Waals surface area contributed by atoms with Crippen LogP contribution in [0.5, 0.6) is 0 Å². The van der Waals surface area contributed by atoms with Crippen molar-refractivity contribution < 1.29 is 13.2 Å². The van der Waals surface area contributed by atoms with Crippen LogP contribution in [0.4, 0.5) is 0 Å². The van der Waals surface area contributed by atoms with Crippen molar-refractivity contribution >= 4 is 15.9 Å². The first kappa shape index (κ1) is 17.0. The Morgan fingerprint density at radius 2 is 1.80 bits per heavy atom. The largest absolute Gasteiger partial charge is 0.340 e. The molecule has 0 aromatic carbocycles. The number of sulfonamides is 1. The predicted octanol–water partition coefficient (Wildman–Crippen LogP) is 0.646. The molecule has 0 radical (unpaired) electrons. The van der Waals surface area contributed by atoms with E-state index in [0.717, 1.165) is 38.5 Å². The molecule has 1 aliphatic carbocycles. The Bertz CT molecular complexity index is 708. The van der Waals surface area contributed by atoms with E-state index in [1.54, 1.807) is 20.2 Å². The zero-order valence-electron chi connectivity index (χ0n) is 14.3. The van der Waals surface area contributed by atoms with Gasteiger partial charge in [0.25, 0.3) is 0 Å². The SMILES string of the molecule is O=C(C1CCCC1)N1CC(S(=O)(=O)N2CCCC(n3cncn3)C2)C1. The van der Waals surface area contributed by atoms with Gasteiger partial charge < -0.3 is 4.90 Å². The third-order valence-corrected chi connectivity index (χ3v) is 8.01. The van der Waals surface area contributed by atoms with Gasteiger partial charge in [0, 0.05) is 32.1 Å². The predicted molar refractivity (Wildman–Crippen MR) is 91.1 cm³/mol. The Labute approximate surface area is 148 Å². The molecule has 0 N–H and O–H groups in total. The molecule has 9 heteroatoms. The van der Waals surface area contributed by atoms with E-state index in [9.17, 15) is 13.2 Å². The monoisotopic (exact) mass is 367 g/mol. The highest BCUT2D eigenvalue weighted by Gasteiger charge is 2.45. The summed E-state index contributed by atoms with van der Waals surface area (Å²) in [5.41, 5.74) is 0. The highest BCUT2D eigenvalue weighted by molar-refractivity contribution is 7.89. The number of piperidine rings is 1. The number of carbonyl (C=O) groups excluding carboxylic acids is 1. The second-order valence-electron chi connectivity index (χ2n) is 7.42. The highest BCUT2D eigenvalue weighted by Crippen LogP contribution is 2.31. The normalized spacial score (nSPS) is 26.7. The molecule has 0 spiro atoms. The number of carbonyl (C=O) groups is 1. The summed E-state index contributed by atoms with van der Waals surface area (Å²) in [6, 6.07) is 0.0438. The molecule has 1 atom stereocenters. The number of amides is 1. The lowest BCUT2D eigenvalue weighted by molar-refractivity contribution is -0.138. The Balaban J connectivity index is 1.36. The molecule has 1 aromatic rings. The van der Waals surface area contributed by atoms with E-state index in [1.165, 1.54) is 6.33 Å². The quantitative estimate of drug-likeness (QED) is 0.779. The van der Waals surface area contributed by atoms with Crippen LogP contribution in [0.15, 0.2) is 12.7 Å². The minimum atomic E-state index is -3.36. The van der Waals surface area contributed by atoms with Crippen molar-refractivity contribution in [2.24, 2.45) is 5.92 Å². The third kappa shape index (κ3) is 3.19. The molecule has 2 saturated heterocycles. The van der Waals surface area contributed by atoms with E-state index in [2.05, 4.69) is 10.1 Å². The van der Waals surface area contributed by atoms with Crippen LogP contribution < -0.4 is 0 Å². The number of nitrogens with zero attached hydrogens (tertiary/aromatic N) is 5. The fourth-order valence-electron chi connectivity index (χ4n) is 4.22. The van der Waals surface area contributed by atoms with Gasteiger partial charge in [-0.1, -0.05) is 12.8 Å². The van der Waals surface area contributed by atoms with Crippen LogP contribution >= 0.6 is 0 Å². The molecule has 138 valence electrons. The number of likely N-dealkylation sites (tertiary alicyclic amines) is 1. The topological polar surface area (TPSA) is 88.4 Å². The Morgan fingerprint density at radius 1 is 1.04 bits per heavy atom. The van der Waals surface area contributed by atoms with Crippen LogP contribution in [-0.4, -0.2) is 69.7 Å². The van der Waals surface area contributed by atoms with Crippen molar-refractivity contribution in [2.45, 2.75) is 49.8 Å². The average Bonchev–Trinajstić information content (AvgIpc) is 3.27. The molecule has 8 nitrogen and oxygen atoms in total. The lowest BCUT2D eigenvalue weighted by Crippen LogP contribution is -2.61. The van der Waals surface area contributed by atoms with Gasteiger partial charge >= 0.3 is 0 Å². The van der Waals surface area contributed by atoms with Gasteiger partial charge in [-0.05, 0) is 25.7 Å². The van der Waals surface area contributed by atoms with Crippen molar-refractivity contribution in [1.82, 2.24) is 24.0 Å². The molecule has 1 amide bonds. The van der Waals surface area contributed by atoms with Crippen LogP contribution in [0.3, 0.4) is 0 Å². The fourth-order valence-corrected chi connectivity index (χ4v) is 6.14. The second kappa shape index (κ2) is 6.68. The van der Waals surface area contributed by atoms with Crippen LogP contribution in [0, 0.1) is 5.92 Å². The first-order valence-corrected chi connectivity index (χ1v) is 10.7. The van der Waals surface area contributed by atoms with E-state index < -0.39 is 15.3 Å². The summed E-state index contributed by atoms with van der Waals surface area (Å²) < 4.78 is 29.2. The molecular formula is C16H25N5O3S. The van der Waals surface area contributed by atoms with Crippen molar-refractivity contribution in [1.29, 1.82) is 0 Å². The molecule has 1 saturated carbocycles. The van der Waals surface area contributed by atoms with Gasteiger partial charge in [0.2, 0.25) is 15.9 Å². The second-order valence-corrected chi connectivity index (χ2v) is 9.63. The number of aromatic nitrogens is 3. The van der Waals surface area contributed by atoms with Gasteiger partial charge in [-0.25, -0.2) is 18.1 Å². The van der Waals surface area contributed by atoms with E-state index >= 15 is 0 Å². The van der Waals surface area contributed by atoms with Gasteiger partial charge in [0.15, 0.2) is 0 Å². The van der Waals surface area contributed by atoms with Gasteiger partial charge in [0.1, 0.15) is 17.9 Å². The van der Waals surface area contributed by atoms with Gasteiger partial charge in [-0.15, -0.1) is 0 Å². The highest BCUT2D eigenvalue weighted by atomic mass is 32.2. The first-order valence-electron chi connectivity index (χ1n) is 9.17. The van der Waals surface area contributed by atoms with E-state index in [1.807, 2.05) is 0 Å². The summed E-state index contributed by atoms with van der Waals surface area (Å²) in [4.78, 5) is 18.1. The summed E-state index contributed by atoms with van der Waals surface area (Å²) in [6.45, 7) is 1.70. The summed E-state index contributed by atoms with van der Waals surface area (Å²) in [5, 5.41) is 3.69. The Hall–Kier alpha value is -1.48. The molecule has 3 aliphatic rings. The molecule has 2 aliphatic heterocycles. The van der Waals surface area contributed by atoms with Crippen molar-refractivity contribution in [3.63, 3.8) is 0 Å². The molecule has 1 unspecified atom stereocenters. The minimum Gasteiger partial charge on any atom is -0.340 e. The molecular weight excluding hydrogens is 342 g/mol. The summed E-state index contributed by atoms with van der Waals surface area (Å²) >= 11 is 0. The fraction of sp³-hybridized carbons (Fsp3) is 0.812. The lowest BCUT2D eigenvalue weighted by Gasteiger charge is -2.43. The number of hydrogen-bond acceptors (Lipinski definition) is 5. The maximum Gasteiger partial charge on any atom is 0.225 e. The van der Waals surface area contributed by atoms with Crippen molar-refractivity contribution in [2.75, 3.05) is 26.2 Å². The summed E-state index contributed by atoms with van der Waals surface area (Å²) in [7, 11) is -3.36. The zero-order chi connectivity index (χ0) is 17.4. The van der Waals surface area contributed by atoms with Crippen LogP contribution in [0.2, 0.25) is 0 Å². The standard InChI is InChI=1S/C16H25N5O3S/c22-16(13-4-1-2-5-13)19-9-15(10-19)25(23,24)20-7-3-6-14(8-20)21-12-17-11-18-21/h11-15H,1-10H2. The van der Waals surface area contributed by atoms with Crippen molar-refractivity contribution in [3.8, 4) is 0 Å². The van der Waals surface area contributed by atoms with Gasteiger partial charge in [-0.2, -0.15) is 9.40 Å². The Kier molecular flexibility index (Phi) is 4.53. The smallest absolute Gasteiger partial charge is 0.225 e. The molecule has 25 heavy (non-hydrogen) atoms. The molecule has 3 fully saturated rings. The van der Waals surface area contributed by atoms with Crippen molar-refractivity contribution in [3.05, 3.63) is 12.7 Å². The maximum atomic E-state index is 12.9. The number of rotatable bonds is 4. The Morgan fingerprint density at radius 3 is 2.48 bits per heavy atom. The molecule has 0 bridgehead atoms. The van der Waals surface area contributed by atoms with Crippen LogP contribution in [0.1, 0.15) is 44.6 Å². The van der Waals surface area contributed by atoms with E-state index in [-0.39, 0.29) is 17.9 Å². The molecule has 4 rings (SSSR count). The molecule has 3 heterocycles. The summed E-state index contributed by atoms with van der Waals surface area (Å²) in [5.74, 6) is 0.276. The zero-order valence-corrected chi connectivity index (χ0v) is 15.1.